The zero-order valence-corrected chi connectivity index (χ0v) is 18.1. The molecule has 2 heterocycles. The van der Waals surface area contributed by atoms with Gasteiger partial charge in [0.05, 0.1) is 18.6 Å². The molecule has 3 rings (SSSR count). The minimum atomic E-state index is -3.81. The lowest BCUT2D eigenvalue weighted by Crippen LogP contribution is -2.32. The van der Waals surface area contributed by atoms with Crippen molar-refractivity contribution in [2.75, 3.05) is 30.4 Å². The quantitative estimate of drug-likeness (QED) is 0.673. The number of piperidine rings is 1. The van der Waals surface area contributed by atoms with Gasteiger partial charge >= 0.3 is 6.01 Å². The minimum absolute atomic E-state index is 0.102. The number of ether oxygens (including phenoxy) is 1. The van der Waals surface area contributed by atoms with Gasteiger partial charge in [-0.25, -0.2) is 13.1 Å². The van der Waals surface area contributed by atoms with Crippen LogP contribution in [-0.2, 0) is 21.4 Å². The molecule has 2 N–H and O–H groups in total. The molecule has 1 fully saturated rings. The number of hydrogen-bond donors (Lipinski definition) is 2. The van der Waals surface area contributed by atoms with Gasteiger partial charge < -0.3 is 15.0 Å². The Morgan fingerprint density at radius 1 is 1.17 bits per heavy atom. The molecule has 0 atom stereocenters. The summed E-state index contributed by atoms with van der Waals surface area (Å²) >= 11 is 0. The lowest BCUT2D eigenvalue weighted by molar-refractivity contribution is -0.114. The molecule has 30 heavy (non-hydrogen) atoms. The Kier molecular flexibility index (Phi) is 6.83. The Balaban J connectivity index is 1.77. The predicted octanol–water partition coefficient (Wildman–Crippen LogP) is 1.62. The SMILES string of the molecule is COc1nc(CNS(=O)(=O)c2ccc(NC(C)=O)cc2C)nc(N2CCCCC2)n1. The molecule has 0 aliphatic carbocycles. The van der Waals surface area contributed by atoms with Crippen LogP contribution < -0.4 is 19.7 Å². The molecule has 0 unspecified atom stereocenters. The molecular weight excluding hydrogens is 408 g/mol. The highest BCUT2D eigenvalue weighted by atomic mass is 32.2. The van der Waals surface area contributed by atoms with Crippen LogP contribution in [0.25, 0.3) is 0 Å². The average Bonchev–Trinajstić information content (AvgIpc) is 2.72. The molecule has 162 valence electrons. The number of nitrogens with one attached hydrogen (secondary N) is 2. The van der Waals surface area contributed by atoms with Crippen molar-refractivity contribution in [3.05, 3.63) is 29.6 Å². The van der Waals surface area contributed by atoms with Crippen molar-refractivity contribution >= 4 is 27.6 Å². The van der Waals surface area contributed by atoms with Crippen molar-refractivity contribution in [3.8, 4) is 6.01 Å². The Morgan fingerprint density at radius 2 is 1.90 bits per heavy atom. The van der Waals surface area contributed by atoms with Crippen LogP contribution in [0.1, 0.15) is 37.6 Å². The Labute approximate surface area is 176 Å². The van der Waals surface area contributed by atoms with Crippen LogP contribution in [0.3, 0.4) is 0 Å². The second-order valence-electron chi connectivity index (χ2n) is 7.07. The molecule has 0 bridgehead atoms. The number of hydrogen-bond acceptors (Lipinski definition) is 8. The van der Waals surface area contributed by atoms with Crippen LogP contribution in [0.4, 0.5) is 11.6 Å². The minimum Gasteiger partial charge on any atom is -0.467 e. The van der Waals surface area contributed by atoms with E-state index in [0.29, 0.717) is 17.2 Å². The van der Waals surface area contributed by atoms with E-state index in [2.05, 4.69) is 29.9 Å². The monoisotopic (exact) mass is 434 g/mol. The first kappa shape index (κ1) is 21.9. The van der Waals surface area contributed by atoms with E-state index >= 15 is 0 Å². The van der Waals surface area contributed by atoms with E-state index in [1.165, 1.54) is 26.5 Å². The Bertz CT molecular complexity index is 1020. The van der Waals surface area contributed by atoms with Gasteiger partial charge in [0, 0.05) is 25.7 Å². The third-order valence-electron chi connectivity index (χ3n) is 4.68. The first-order valence-electron chi connectivity index (χ1n) is 9.70. The summed E-state index contributed by atoms with van der Waals surface area (Å²) in [6.07, 6.45) is 3.29. The summed E-state index contributed by atoms with van der Waals surface area (Å²) in [5.74, 6) is 0.543. The van der Waals surface area contributed by atoms with Gasteiger partial charge in [0.2, 0.25) is 21.9 Å². The summed E-state index contributed by atoms with van der Waals surface area (Å²) in [5, 5.41) is 2.63. The summed E-state index contributed by atoms with van der Waals surface area (Å²) in [6.45, 7) is 4.65. The van der Waals surface area contributed by atoms with E-state index in [1.54, 1.807) is 19.1 Å². The van der Waals surface area contributed by atoms with E-state index in [1.807, 2.05) is 0 Å². The zero-order chi connectivity index (χ0) is 21.7. The molecule has 2 aromatic rings. The second kappa shape index (κ2) is 9.35. The second-order valence-corrected chi connectivity index (χ2v) is 8.81. The molecular formula is C19H26N6O4S. The third kappa shape index (κ3) is 5.42. The van der Waals surface area contributed by atoms with Crippen molar-refractivity contribution in [1.82, 2.24) is 19.7 Å². The highest BCUT2D eigenvalue weighted by molar-refractivity contribution is 7.89. The number of methoxy groups -OCH3 is 1. The maximum atomic E-state index is 12.8. The molecule has 1 aliphatic rings. The Morgan fingerprint density at radius 3 is 2.53 bits per heavy atom. The molecule has 1 aliphatic heterocycles. The lowest BCUT2D eigenvalue weighted by Gasteiger charge is -2.26. The summed E-state index contributed by atoms with van der Waals surface area (Å²) < 4.78 is 33.3. The molecule has 1 saturated heterocycles. The molecule has 0 spiro atoms. The van der Waals surface area contributed by atoms with E-state index in [0.717, 1.165) is 25.9 Å². The maximum Gasteiger partial charge on any atom is 0.321 e. The maximum absolute atomic E-state index is 12.8. The van der Waals surface area contributed by atoms with Gasteiger partial charge in [-0.15, -0.1) is 0 Å². The summed E-state index contributed by atoms with van der Waals surface area (Å²) in [7, 11) is -2.35. The number of nitrogens with zero attached hydrogens (tertiary/aromatic N) is 4. The van der Waals surface area contributed by atoms with Crippen LogP contribution in [0.15, 0.2) is 23.1 Å². The van der Waals surface area contributed by atoms with E-state index in [-0.39, 0.29) is 29.2 Å². The van der Waals surface area contributed by atoms with Gasteiger partial charge in [-0.2, -0.15) is 15.0 Å². The van der Waals surface area contributed by atoms with Crippen LogP contribution in [-0.4, -0.2) is 49.5 Å². The third-order valence-corrected chi connectivity index (χ3v) is 6.24. The van der Waals surface area contributed by atoms with Gasteiger partial charge in [-0.1, -0.05) is 0 Å². The first-order chi connectivity index (χ1) is 14.3. The zero-order valence-electron chi connectivity index (χ0n) is 17.3. The standard InChI is InChI=1S/C19H26N6O4S/c1-13-11-15(21-14(2)26)7-8-16(13)30(27,28)20-12-17-22-18(24-19(23-17)29-3)25-9-5-4-6-10-25/h7-8,11,20H,4-6,9-10,12H2,1-3H3,(H,21,26). The molecule has 0 saturated carbocycles. The number of sulfonamides is 1. The topological polar surface area (TPSA) is 126 Å². The first-order valence-corrected chi connectivity index (χ1v) is 11.2. The smallest absolute Gasteiger partial charge is 0.321 e. The van der Waals surface area contributed by atoms with E-state index < -0.39 is 10.0 Å². The van der Waals surface area contributed by atoms with Crippen LogP contribution in [0.2, 0.25) is 0 Å². The molecule has 1 aromatic carbocycles. The molecule has 1 amide bonds. The molecule has 10 nitrogen and oxygen atoms in total. The van der Waals surface area contributed by atoms with Crippen molar-refractivity contribution in [2.24, 2.45) is 0 Å². The predicted molar refractivity (Wildman–Crippen MR) is 112 cm³/mol. The highest BCUT2D eigenvalue weighted by Crippen LogP contribution is 2.21. The van der Waals surface area contributed by atoms with Gasteiger partial charge in [-0.3, -0.25) is 4.79 Å². The van der Waals surface area contributed by atoms with E-state index in [9.17, 15) is 13.2 Å². The van der Waals surface area contributed by atoms with Crippen molar-refractivity contribution in [1.29, 1.82) is 0 Å². The van der Waals surface area contributed by atoms with Gasteiger partial charge in [0.15, 0.2) is 5.82 Å². The van der Waals surface area contributed by atoms with Gasteiger partial charge in [0.25, 0.3) is 0 Å². The Hall–Kier alpha value is -2.79. The van der Waals surface area contributed by atoms with Gasteiger partial charge in [0.1, 0.15) is 0 Å². The van der Waals surface area contributed by atoms with Crippen molar-refractivity contribution < 1.29 is 17.9 Å². The average molecular weight is 435 g/mol. The van der Waals surface area contributed by atoms with Crippen molar-refractivity contribution in [2.45, 2.75) is 44.6 Å². The number of carbonyl (C=O) groups excluding carboxylic acids is 1. The number of rotatable bonds is 7. The van der Waals surface area contributed by atoms with Crippen LogP contribution in [0, 0.1) is 6.92 Å². The molecule has 0 radical (unpaired) electrons. The van der Waals surface area contributed by atoms with Crippen molar-refractivity contribution in [3.63, 3.8) is 0 Å². The number of anilines is 2. The van der Waals surface area contributed by atoms with Crippen LogP contribution in [0.5, 0.6) is 6.01 Å². The van der Waals surface area contributed by atoms with E-state index in [4.69, 9.17) is 4.74 Å². The van der Waals surface area contributed by atoms with Gasteiger partial charge in [-0.05, 0) is 49.9 Å². The summed E-state index contributed by atoms with van der Waals surface area (Å²) in [4.78, 5) is 26.2. The summed E-state index contributed by atoms with van der Waals surface area (Å²) in [5.41, 5.74) is 1.04. The number of benzene rings is 1. The van der Waals surface area contributed by atoms with Crippen LogP contribution >= 0.6 is 0 Å². The number of amides is 1. The highest BCUT2D eigenvalue weighted by Gasteiger charge is 2.20. The fourth-order valence-corrected chi connectivity index (χ4v) is 4.47. The normalized spacial score (nSPS) is 14.4. The molecule has 11 heteroatoms. The fourth-order valence-electron chi connectivity index (χ4n) is 3.26. The lowest BCUT2D eigenvalue weighted by atomic mass is 10.1. The number of aryl methyl sites for hydroxylation is 1. The largest absolute Gasteiger partial charge is 0.467 e. The number of aromatic nitrogens is 3. The molecule has 1 aromatic heterocycles. The summed E-state index contributed by atoms with van der Waals surface area (Å²) in [6, 6.07) is 4.76. The fraction of sp³-hybridized carbons (Fsp3) is 0.474. The number of carbonyl (C=O) groups is 1.